The van der Waals surface area contributed by atoms with E-state index in [0.717, 1.165) is 23.5 Å². The number of rotatable bonds is 21. The number of hydroxylamine groups is 2. The van der Waals surface area contributed by atoms with Crippen LogP contribution in [0.2, 0.25) is 0 Å². The molecule has 0 N–H and O–H groups in total. The zero-order valence-electron chi connectivity index (χ0n) is 20.3. The fraction of sp³-hybridized carbons (Fsp3) is 0.786. The van der Waals surface area contributed by atoms with Gasteiger partial charge in [-0.1, -0.05) is 153 Å². The van der Waals surface area contributed by atoms with Gasteiger partial charge < -0.3 is 10.3 Å². The fourth-order valence-corrected chi connectivity index (χ4v) is 4.47. The summed E-state index contributed by atoms with van der Waals surface area (Å²) >= 11 is 0. The van der Waals surface area contributed by atoms with Gasteiger partial charge in [0, 0.05) is 6.04 Å². The lowest BCUT2D eigenvalue weighted by atomic mass is 9.99. The molecule has 0 radical (unpaired) electrons. The Labute approximate surface area is 188 Å². The summed E-state index contributed by atoms with van der Waals surface area (Å²) in [5.41, 5.74) is 1.15. The van der Waals surface area contributed by atoms with Gasteiger partial charge >= 0.3 is 0 Å². The maximum absolute atomic E-state index is 11.9. The molecule has 0 aliphatic rings. The zero-order valence-corrected chi connectivity index (χ0v) is 20.3. The molecule has 0 spiro atoms. The minimum absolute atomic E-state index is 0.0206. The lowest BCUT2D eigenvalue weighted by molar-refractivity contribution is 0.310. The topological polar surface area (TPSA) is 26.3 Å². The molecule has 0 aliphatic carbocycles. The van der Waals surface area contributed by atoms with Gasteiger partial charge in [0.15, 0.2) is 0 Å². The van der Waals surface area contributed by atoms with Crippen molar-refractivity contribution in [3.63, 3.8) is 0 Å². The highest BCUT2D eigenvalue weighted by Crippen LogP contribution is 2.25. The maximum Gasteiger partial charge on any atom is 0.0229 e. The average molecular weight is 417 g/mol. The molecule has 1 atom stereocenters. The summed E-state index contributed by atoms with van der Waals surface area (Å²) in [6.45, 7) is 2.29. The van der Waals surface area contributed by atoms with Gasteiger partial charge in [-0.05, 0) is 19.0 Å². The average Bonchev–Trinajstić information content (AvgIpc) is 2.76. The highest BCUT2D eigenvalue weighted by atomic mass is 16.5. The zero-order chi connectivity index (χ0) is 21.7. The summed E-state index contributed by atoms with van der Waals surface area (Å²) in [5, 5.41) is 13.0. The molecule has 0 amide bonds. The molecule has 30 heavy (non-hydrogen) atoms. The van der Waals surface area contributed by atoms with Crippen LogP contribution in [-0.4, -0.2) is 12.1 Å². The number of unbranched alkanes of at least 4 members (excludes halogenated alkanes) is 17. The van der Waals surface area contributed by atoms with Crippen LogP contribution >= 0.6 is 0 Å². The normalized spacial score (nSPS) is 12.5. The van der Waals surface area contributed by atoms with Crippen molar-refractivity contribution >= 4 is 0 Å². The molecule has 2 nitrogen and oxygen atoms in total. The predicted molar refractivity (Wildman–Crippen MR) is 134 cm³/mol. The van der Waals surface area contributed by atoms with Crippen molar-refractivity contribution in [1.29, 1.82) is 0 Å². The largest absolute Gasteiger partial charge is 0.785 e. The Bertz CT molecular complexity index is 459. The van der Waals surface area contributed by atoms with Crippen LogP contribution in [0.1, 0.15) is 141 Å². The molecular weight excluding hydrogens is 366 g/mol. The van der Waals surface area contributed by atoms with E-state index >= 15 is 0 Å². The molecule has 0 bridgehead atoms. The fourth-order valence-electron chi connectivity index (χ4n) is 4.47. The van der Waals surface area contributed by atoms with Gasteiger partial charge in [-0.15, -0.1) is 0 Å². The van der Waals surface area contributed by atoms with Gasteiger partial charge in [0.25, 0.3) is 0 Å². The summed E-state index contributed by atoms with van der Waals surface area (Å²) in [7, 11) is 1.66. The van der Waals surface area contributed by atoms with Crippen molar-refractivity contribution in [2.24, 2.45) is 0 Å². The number of hydrogen-bond acceptors (Lipinski definition) is 2. The lowest BCUT2D eigenvalue weighted by Gasteiger charge is -2.33. The third kappa shape index (κ3) is 15.0. The van der Waals surface area contributed by atoms with E-state index in [1.165, 1.54) is 109 Å². The van der Waals surface area contributed by atoms with E-state index in [0.29, 0.717) is 0 Å². The quantitative estimate of drug-likeness (QED) is 0.147. The van der Waals surface area contributed by atoms with E-state index in [1.807, 2.05) is 18.2 Å². The van der Waals surface area contributed by atoms with Gasteiger partial charge in [-0.3, -0.25) is 0 Å². The lowest BCUT2D eigenvalue weighted by Crippen LogP contribution is -2.18. The summed E-state index contributed by atoms with van der Waals surface area (Å²) in [4.78, 5) is 0. The monoisotopic (exact) mass is 416 g/mol. The Morgan fingerprint density at radius 2 is 0.967 bits per heavy atom. The van der Waals surface area contributed by atoms with Crippen molar-refractivity contribution in [3.05, 3.63) is 41.1 Å². The third-order valence-corrected chi connectivity index (χ3v) is 6.45. The predicted octanol–water partition coefficient (Wildman–Crippen LogP) is 9.59. The van der Waals surface area contributed by atoms with Crippen LogP contribution in [0, 0.1) is 5.21 Å². The molecular formula is C28H50NO-. The first-order chi connectivity index (χ1) is 14.8. The van der Waals surface area contributed by atoms with Gasteiger partial charge in [-0.2, -0.15) is 0 Å². The van der Waals surface area contributed by atoms with E-state index in [2.05, 4.69) is 19.1 Å². The molecule has 0 aromatic heterocycles. The maximum atomic E-state index is 11.9. The smallest absolute Gasteiger partial charge is 0.0229 e. The van der Waals surface area contributed by atoms with E-state index < -0.39 is 0 Å². The second-order valence-corrected chi connectivity index (χ2v) is 9.27. The van der Waals surface area contributed by atoms with E-state index in [1.54, 1.807) is 7.05 Å². The van der Waals surface area contributed by atoms with E-state index in [9.17, 15) is 5.21 Å². The first kappa shape index (κ1) is 27.2. The van der Waals surface area contributed by atoms with Crippen molar-refractivity contribution < 1.29 is 0 Å². The Morgan fingerprint density at radius 3 is 1.33 bits per heavy atom. The van der Waals surface area contributed by atoms with Crippen molar-refractivity contribution in [3.8, 4) is 0 Å². The van der Waals surface area contributed by atoms with Crippen LogP contribution in [0.5, 0.6) is 0 Å². The summed E-state index contributed by atoms with van der Waals surface area (Å²) in [5.74, 6) is 0. The van der Waals surface area contributed by atoms with Crippen LogP contribution in [0.3, 0.4) is 0 Å². The number of nitrogens with zero attached hydrogens (tertiary/aromatic N) is 1. The number of benzene rings is 1. The molecule has 0 heterocycles. The Balaban J connectivity index is 1.83. The van der Waals surface area contributed by atoms with Crippen LogP contribution < -0.4 is 0 Å². The summed E-state index contributed by atoms with van der Waals surface area (Å²) in [6, 6.07) is 10.2. The standard InChI is InChI=1S/C28H50NO/c1-3-4-5-6-7-8-9-10-11-12-13-14-15-16-17-18-19-23-26-28(29(2)30)27-24-21-20-22-25-27/h20-22,24-25,28H,3-19,23,26H2,1-2H3/q-1. The highest BCUT2D eigenvalue weighted by Gasteiger charge is 2.09. The molecule has 1 aromatic rings. The molecule has 0 aliphatic heterocycles. The van der Waals surface area contributed by atoms with Gasteiger partial charge in [-0.25, -0.2) is 0 Å². The minimum atomic E-state index is 0.0206. The van der Waals surface area contributed by atoms with E-state index in [-0.39, 0.29) is 6.04 Å². The Morgan fingerprint density at radius 1 is 0.600 bits per heavy atom. The van der Waals surface area contributed by atoms with Gasteiger partial charge in [0.2, 0.25) is 0 Å². The van der Waals surface area contributed by atoms with Crippen LogP contribution in [-0.2, 0) is 0 Å². The molecule has 1 aromatic carbocycles. The van der Waals surface area contributed by atoms with Gasteiger partial charge in [0.1, 0.15) is 0 Å². The molecule has 0 saturated carbocycles. The Hall–Kier alpha value is -0.860. The molecule has 1 unspecified atom stereocenters. The minimum Gasteiger partial charge on any atom is -0.785 e. The van der Waals surface area contributed by atoms with Crippen LogP contribution in [0.15, 0.2) is 30.3 Å². The first-order valence-electron chi connectivity index (χ1n) is 13.2. The summed E-state index contributed by atoms with van der Waals surface area (Å²) < 4.78 is 0. The molecule has 0 saturated heterocycles. The van der Waals surface area contributed by atoms with Crippen molar-refractivity contribution in [2.75, 3.05) is 7.05 Å². The molecule has 174 valence electrons. The number of hydrogen-bond donors (Lipinski definition) is 0. The second-order valence-electron chi connectivity index (χ2n) is 9.27. The third-order valence-electron chi connectivity index (χ3n) is 6.45. The molecule has 2 heteroatoms. The molecule has 1 rings (SSSR count). The van der Waals surface area contributed by atoms with Gasteiger partial charge in [0.05, 0.1) is 0 Å². The van der Waals surface area contributed by atoms with Crippen LogP contribution in [0.25, 0.3) is 0 Å². The van der Waals surface area contributed by atoms with Crippen LogP contribution in [0.4, 0.5) is 0 Å². The Kier molecular flexibility index (Phi) is 18.2. The first-order valence-corrected chi connectivity index (χ1v) is 13.2. The highest BCUT2D eigenvalue weighted by molar-refractivity contribution is 5.18. The summed E-state index contributed by atoms with van der Waals surface area (Å²) in [6.07, 6.45) is 26.1. The van der Waals surface area contributed by atoms with Crippen molar-refractivity contribution in [2.45, 2.75) is 135 Å². The second kappa shape index (κ2) is 20.1. The molecule has 0 fully saturated rings. The van der Waals surface area contributed by atoms with Crippen molar-refractivity contribution in [1.82, 2.24) is 5.06 Å². The SMILES string of the molecule is CCCCCCCCCCCCCCCCCCCCC(c1ccccc1)N(C)[O-]. The van der Waals surface area contributed by atoms with E-state index in [4.69, 9.17) is 0 Å².